The van der Waals surface area contributed by atoms with E-state index in [1.54, 1.807) is 15.9 Å². The van der Waals surface area contributed by atoms with Crippen molar-refractivity contribution in [2.45, 2.75) is 80.6 Å². The standard InChI is InChI=1S/C17H25BrN2O2.C9H18N2O2.C8H7BrO.CH4/c1-13-11-15(18)6-5-14(13)12-19-7-9-20(10-8-19)16(21)22-17(2,3)4;1-9(2,3)13-8(12)11-6-4-10-5-7-11;1-6-4-8(9)3-2-7(6)5-10;/h5-6,11H,7-10,12H2,1-4H3;10H,4-7H2,1-3H3;2-5H,1H3;1H4. The summed E-state index contributed by atoms with van der Waals surface area (Å²) >= 11 is 6.81. The number of nitrogens with zero attached hydrogens (tertiary/aromatic N) is 3. The summed E-state index contributed by atoms with van der Waals surface area (Å²) in [6.45, 7) is 22.8. The minimum absolute atomic E-state index is 0. The number of amides is 2. The lowest BCUT2D eigenvalue weighted by molar-refractivity contribution is 0.0137. The molecule has 9 nitrogen and oxygen atoms in total. The molecule has 46 heavy (non-hydrogen) atoms. The van der Waals surface area contributed by atoms with Crippen molar-refractivity contribution in [3.05, 3.63) is 67.6 Å². The molecule has 2 aromatic rings. The zero-order chi connectivity index (χ0) is 33.8. The van der Waals surface area contributed by atoms with E-state index in [-0.39, 0.29) is 25.2 Å². The summed E-state index contributed by atoms with van der Waals surface area (Å²) in [5.41, 5.74) is 3.58. The van der Waals surface area contributed by atoms with Gasteiger partial charge in [0.25, 0.3) is 0 Å². The Morgan fingerprint density at radius 3 is 1.65 bits per heavy atom. The largest absolute Gasteiger partial charge is 0.444 e. The second-order valence-corrected chi connectivity index (χ2v) is 15.0. The number of hydrogen-bond donors (Lipinski definition) is 1. The van der Waals surface area contributed by atoms with Crippen LogP contribution in [0.5, 0.6) is 0 Å². The summed E-state index contributed by atoms with van der Waals surface area (Å²) < 4.78 is 12.8. The third kappa shape index (κ3) is 15.9. The van der Waals surface area contributed by atoms with Crippen LogP contribution in [0.15, 0.2) is 45.3 Å². The molecule has 0 bridgehead atoms. The lowest BCUT2D eigenvalue weighted by Crippen LogP contribution is -2.49. The monoisotopic (exact) mass is 768 g/mol. The summed E-state index contributed by atoms with van der Waals surface area (Å²) in [5.74, 6) is 0. The average molecular weight is 771 g/mol. The molecule has 2 aliphatic heterocycles. The molecule has 2 heterocycles. The van der Waals surface area contributed by atoms with Gasteiger partial charge in [0.1, 0.15) is 17.5 Å². The van der Waals surface area contributed by atoms with E-state index in [4.69, 9.17) is 9.47 Å². The molecule has 0 aliphatic carbocycles. The maximum atomic E-state index is 12.1. The van der Waals surface area contributed by atoms with Crippen LogP contribution in [0.4, 0.5) is 9.59 Å². The van der Waals surface area contributed by atoms with E-state index in [1.165, 1.54) is 11.1 Å². The molecule has 0 radical (unpaired) electrons. The number of nitrogens with one attached hydrogen (secondary N) is 1. The van der Waals surface area contributed by atoms with Gasteiger partial charge in [-0.25, -0.2) is 9.59 Å². The Balaban J connectivity index is 0.000000375. The van der Waals surface area contributed by atoms with Gasteiger partial charge in [0.2, 0.25) is 0 Å². The highest BCUT2D eigenvalue weighted by atomic mass is 79.9. The van der Waals surface area contributed by atoms with Crippen LogP contribution < -0.4 is 5.32 Å². The highest BCUT2D eigenvalue weighted by Crippen LogP contribution is 2.19. The van der Waals surface area contributed by atoms with Crippen molar-refractivity contribution in [3.8, 4) is 0 Å². The van der Waals surface area contributed by atoms with Crippen LogP contribution in [-0.2, 0) is 16.0 Å². The van der Waals surface area contributed by atoms with Crippen LogP contribution in [0.25, 0.3) is 0 Å². The van der Waals surface area contributed by atoms with E-state index in [0.29, 0.717) is 0 Å². The Kier molecular flexibility index (Phi) is 17.5. The zero-order valence-electron chi connectivity index (χ0n) is 28.0. The fourth-order valence-corrected chi connectivity index (χ4v) is 5.39. The van der Waals surface area contributed by atoms with Gasteiger partial charge in [-0.05, 0) is 96.3 Å². The van der Waals surface area contributed by atoms with E-state index in [0.717, 1.165) is 85.3 Å². The molecule has 0 saturated carbocycles. The molecular weight excluding hydrogens is 716 g/mol. The molecule has 0 aromatic heterocycles. The first-order valence-corrected chi connectivity index (χ1v) is 16.9. The zero-order valence-corrected chi connectivity index (χ0v) is 31.2. The second-order valence-electron chi connectivity index (χ2n) is 13.2. The molecule has 258 valence electrons. The fourth-order valence-electron chi connectivity index (χ4n) is 4.44. The van der Waals surface area contributed by atoms with Crippen molar-refractivity contribution < 1.29 is 23.9 Å². The van der Waals surface area contributed by atoms with E-state index < -0.39 is 5.60 Å². The van der Waals surface area contributed by atoms with Crippen LogP contribution in [0, 0.1) is 13.8 Å². The van der Waals surface area contributed by atoms with E-state index in [1.807, 2.05) is 60.6 Å². The van der Waals surface area contributed by atoms with Gasteiger partial charge in [-0.3, -0.25) is 9.69 Å². The van der Waals surface area contributed by atoms with Crippen molar-refractivity contribution in [2.24, 2.45) is 0 Å². The van der Waals surface area contributed by atoms with Crippen LogP contribution in [0.2, 0.25) is 0 Å². The molecule has 0 spiro atoms. The number of piperazine rings is 2. The Bertz CT molecular complexity index is 1260. The van der Waals surface area contributed by atoms with Gasteiger partial charge in [0.05, 0.1) is 0 Å². The topological polar surface area (TPSA) is 91.4 Å². The van der Waals surface area contributed by atoms with Crippen LogP contribution in [-0.4, -0.2) is 96.7 Å². The Hall–Kier alpha value is -2.47. The predicted molar refractivity (Wildman–Crippen MR) is 194 cm³/mol. The molecule has 0 unspecified atom stereocenters. The number of carbonyl (C=O) groups excluding carboxylic acids is 3. The number of rotatable bonds is 3. The molecular formula is C35H54Br2N4O5. The normalized spacial score (nSPS) is 15.3. The Morgan fingerprint density at radius 2 is 1.22 bits per heavy atom. The minimum atomic E-state index is -0.428. The van der Waals surface area contributed by atoms with E-state index >= 15 is 0 Å². The molecule has 2 aliphatic rings. The molecule has 2 aromatic carbocycles. The lowest BCUT2D eigenvalue weighted by atomic mass is 10.1. The highest BCUT2D eigenvalue weighted by Gasteiger charge is 2.26. The molecule has 1 N–H and O–H groups in total. The van der Waals surface area contributed by atoms with Gasteiger partial charge in [-0.1, -0.05) is 51.4 Å². The third-order valence-electron chi connectivity index (χ3n) is 6.85. The van der Waals surface area contributed by atoms with E-state index in [2.05, 4.69) is 67.2 Å². The van der Waals surface area contributed by atoms with Gasteiger partial charge >= 0.3 is 12.2 Å². The number of hydrogen-bond acceptors (Lipinski definition) is 7. The maximum Gasteiger partial charge on any atom is 0.410 e. The molecule has 2 saturated heterocycles. The van der Waals surface area contributed by atoms with Crippen molar-refractivity contribution in [1.82, 2.24) is 20.0 Å². The molecule has 0 atom stereocenters. The third-order valence-corrected chi connectivity index (χ3v) is 7.84. The average Bonchev–Trinajstić information content (AvgIpc) is 2.94. The lowest BCUT2D eigenvalue weighted by Gasteiger charge is -2.35. The quantitative estimate of drug-likeness (QED) is 0.318. The van der Waals surface area contributed by atoms with Gasteiger partial charge in [0.15, 0.2) is 0 Å². The summed E-state index contributed by atoms with van der Waals surface area (Å²) in [4.78, 5) is 39.8. The minimum Gasteiger partial charge on any atom is -0.444 e. The van der Waals surface area contributed by atoms with Gasteiger partial charge in [-0.15, -0.1) is 0 Å². The molecule has 11 heteroatoms. The number of aldehydes is 1. The highest BCUT2D eigenvalue weighted by molar-refractivity contribution is 9.10. The SMILES string of the molecule is C.CC(C)(C)OC(=O)N1CCNCC1.Cc1cc(Br)ccc1C=O.Cc1cc(Br)ccc1CN1CCN(C(=O)OC(C)(C)C)CC1. The molecule has 4 rings (SSSR count). The molecule has 2 amide bonds. The number of benzene rings is 2. The summed E-state index contributed by atoms with van der Waals surface area (Å²) in [7, 11) is 0. The fraction of sp³-hybridized carbons (Fsp3) is 0.571. The second kappa shape index (κ2) is 19.4. The number of aryl methyl sites for hydroxylation is 2. The maximum absolute atomic E-state index is 12.1. The van der Waals surface area contributed by atoms with Crippen LogP contribution in [0.1, 0.15) is 76.0 Å². The summed E-state index contributed by atoms with van der Waals surface area (Å²) in [6.07, 6.45) is 0.461. The van der Waals surface area contributed by atoms with Crippen LogP contribution in [0.3, 0.4) is 0 Å². The number of carbonyl (C=O) groups is 3. The predicted octanol–water partition coefficient (Wildman–Crippen LogP) is 7.84. The van der Waals surface area contributed by atoms with Gasteiger partial charge in [-0.2, -0.15) is 0 Å². The molecule has 2 fully saturated rings. The van der Waals surface area contributed by atoms with Crippen molar-refractivity contribution in [3.63, 3.8) is 0 Å². The van der Waals surface area contributed by atoms with E-state index in [9.17, 15) is 14.4 Å². The smallest absolute Gasteiger partial charge is 0.410 e. The van der Waals surface area contributed by atoms with Gasteiger partial charge in [0, 0.05) is 73.4 Å². The summed E-state index contributed by atoms with van der Waals surface area (Å²) in [5, 5.41) is 3.18. The first kappa shape index (κ1) is 41.6. The number of halogens is 2. The number of ether oxygens (including phenoxy) is 2. The first-order chi connectivity index (χ1) is 21.0. The Morgan fingerprint density at radius 1 is 0.761 bits per heavy atom. The van der Waals surface area contributed by atoms with Gasteiger partial charge < -0.3 is 24.6 Å². The van der Waals surface area contributed by atoms with Crippen molar-refractivity contribution in [2.75, 3.05) is 52.4 Å². The Labute approximate surface area is 293 Å². The van der Waals surface area contributed by atoms with Crippen molar-refractivity contribution >= 4 is 50.3 Å². The van der Waals surface area contributed by atoms with Crippen LogP contribution >= 0.6 is 31.9 Å². The van der Waals surface area contributed by atoms with Crippen molar-refractivity contribution in [1.29, 1.82) is 0 Å². The summed E-state index contributed by atoms with van der Waals surface area (Å²) in [6, 6.07) is 12.0. The first-order valence-electron chi connectivity index (χ1n) is 15.3.